The maximum absolute atomic E-state index is 12.5. The Balaban J connectivity index is 1.21. The van der Waals surface area contributed by atoms with Crippen LogP contribution < -0.4 is 10.6 Å². The lowest BCUT2D eigenvalue weighted by Crippen LogP contribution is -2.44. The summed E-state index contributed by atoms with van der Waals surface area (Å²) in [7, 11) is 0. The van der Waals surface area contributed by atoms with Crippen LogP contribution in [0.4, 0.5) is 4.79 Å². The van der Waals surface area contributed by atoms with Crippen molar-refractivity contribution in [2.24, 2.45) is 11.8 Å². The first-order valence-electron chi connectivity index (χ1n) is 12.6. The van der Waals surface area contributed by atoms with Crippen LogP contribution in [0.2, 0.25) is 0 Å². The Morgan fingerprint density at radius 3 is 2.14 bits per heavy atom. The smallest absolute Gasteiger partial charge is 0.407 e. The molecule has 3 N–H and O–H groups in total. The largest absolute Gasteiger partial charge is 0.480 e. The lowest BCUT2D eigenvalue weighted by molar-refractivity contribution is -0.142. The number of nitrogens with one attached hydrogen (secondary N) is 2. The molecule has 35 heavy (non-hydrogen) atoms. The highest BCUT2D eigenvalue weighted by atomic mass is 16.5. The van der Waals surface area contributed by atoms with E-state index in [1.54, 1.807) is 0 Å². The van der Waals surface area contributed by atoms with Crippen LogP contribution in [0.1, 0.15) is 62.5 Å². The molecular weight excluding hydrogens is 444 g/mol. The van der Waals surface area contributed by atoms with Crippen molar-refractivity contribution >= 4 is 18.0 Å². The van der Waals surface area contributed by atoms with Gasteiger partial charge in [0.25, 0.3) is 0 Å². The summed E-state index contributed by atoms with van der Waals surface area (Å²) in [4.78, 5) is 36.2. The van der Waals surface area contributed by atoms with E-state index in [9.17, 15) is 19.5 Å². The van der Waals surface area contributed by atoms with Crippen LogP contribution in [0, 0.1) is 11.8 Å². The molecule has 1 saturated carbocycles. The summed E-state index contributed by atoms with van der Waals surface area (Å²) in [5.74, 6) is -1.01. The van der Waals surface area contributed by atoms with Crippen LogP contribution in [0.25, 0.3) is 11.1 Å². The van der Waals surface area contributed by atoms with Crippen molar-refractivity contribution in [1.82, 2.24) is 10.6 Å². The number of carboxylic acid groups (broad SMARTS) is 1. The van der Waals surface area contributed by atoms with Crippen LogP contribution in [-0.4, -0.2) is 42.3 Å². The molecule has 4 rings (SSSR count). The molecule has 186 valence electrons. The summed E-state index contributed by atoms with van der Waals surface area (Å²) in [5.41, 5.74) is 4.76. The van der Waals surface area contributed by atoms with E-state index in [1.807, 2.05) is 31.2 Å². The number of carbonyl (C=O) groups excluding carboxylic acids is 2. The minimum Gasteiger partial charge on any atom is -0.480 e. The Bertz CT molecular complexity index is 1020. The quantitative estimate of drug-likeness (QED) is 0.485. The number of hydrogen-bond acceptors (Lipinski definition) is 4. The van der Waals surface area contributed by atoms with Gasteiger partial charge in [-0.1, -0.05) is 61.9 Å². The van der Waals surface area contributed by atoms with Crippen molar-refractivity contribution in [3.05, 3.63) is 59.7 Å². The molecule has 2 aliphatic rings. The van der Waals surface area contributed by atoms with Gasteiger partial charge in [-0.05, 0) is 60.3 Å². The topological polar surface area (TPSA) is 105 Å². The van der Waals surface area contributed by atoms with E-state index in [0.717, 1.165) is 12.8 Å². The third-order valence-corrected chi connectivity index (χ3v) is 7.29. The number of alkyl carbamates (subject to hydrolysis) is 1. The molecule has 0 radical (unpaired) electrons. The minimum atomic E-state index is -0.985. The second-order valence-electron chi connectivity index (χ2n) is 9.61. The summed E-state index contributed by atoms with van der Waals surface area (Å²) in [6.07, 6.45) is 3.73. The van der Waals surface area contributed by atoms with Gasteiger partial charge in [-0.2, -0.15) is 0 Å². The molecule has 7 heteroatoms. The van der Waals surface area contributed by atoms with Gasteiger partial charge in [0.2, 0.25) is 5.91 Å². The van der Waals surface area contributed by atoms with Crippen molar-refractivity contribution in [3.8, 4) is 11.1 Å². The fourth-order valence-electron chi connectivity index (χ4n) is 5.34. The maximum atomic E-state index is 12.5. The van der Waals surface area contributed by atoms with Crippen molar-refractivity contribution < 1.29 is 24.2 Å². The Morgan fingerprint density at radius 2 is 1.57 bits per heavy atom. The fourth-order valence-corrected chi connectivity index (χ4v) is 5.34. The molecule has 2 aromatic rings. The normalized spacial score (nSPS) is 19.8. The van der Waals surface area contributed by atoms with Gasteiger partial charge < -0.3 is 20.5 Å². The summed E-state index contributed by atoms with van der Waals surface area (Å²) < 4.78 is 5.61. The first kappa shape index (κ1) is 24.8. The van der Waals surface area contributed by atoms with E-state index >= 15 is 0 Å². The average molecular weight is 479 g/mol. The zero-order chi connectivity index (χ0) is 24.8. The molecule has 0 bridgehead atoms. The molecule has 2 aliphatic carbocycles. The van der Waals surface area contributed by atoms with Gasteiger partial charge in [-0.15, -0.1) is 0 Å². The van der Waals surface area contributed by atoms with Crippen molar-refractivity contribution in [1.29, 1.82) is 0 Å². The summed E-state index contributed by atoms with van der Waals surface area (Å²) in [6, 6.07) is 15.7. The molecule has 7 nitrogen and oxygen atoms in total. The zero-order valence-electron chi connectivity index (χ0n) is 20.2. The molecule has 2 amide bonds. The first-order chi connectivity index (χ1) is 17.0. The van der Waals surface area contributed by atoms with E-state index < -0.39 is 18.1 Å². The SMILES string of the molecule is CCC[C@H](NC(=O)C1CCC(CNC(=O)OCC2c3ccccc3-c3ccccc32)CC1)C(=O)O. The highest BCUT2D eigenvalue weighted by Crippen LogP contribution is 2.44. The van der Waals surface area contributed by atoms with Gasteiger partial charge in [-0.25, -0.2) is 9.59 Å². The summed E-state index contributed by atoms with van der Waals surface area (Å²) >= 11 is 0. The van der Waals surface area contributed by atoms with Crippen molar-refractivity contribution in [2.75, 3.05) is 13.2 Å². The van der Waals surface area contributed by atoms with Gasteiger partial charge in [0.15, 0.2) is 0 Å². The highest BCUT2D eigenvalue weighted by molar-refractivity contribution is 5.85. The predicted octanol–water partition coefficient (Wildman–Crippen LogP) is 4.70. The number of ether oxygens (including phenoxy) is 1. The number of fused-ring (bicyclic) bond motifs is 3. The standard InChI is InChI=1S/C28H34N2O5/c1-2-7-25(27(32)33)30-26(31)19-14-12-18(13-15-19)16-29-28(34)35-17-24-22-10-5-3-8-20(22)21-9-4-6-11-23(21)24/h3-6,8-11,18-19,24-25H,2,7,12-17H2,1H3,(H,29,34)(H,30,31)(H,32,33)/t18?,19?,25-/m0/s1. The second kappa shape index (κ2) is 11.4. The molecule has 1 fully saturated rings. The molecule has 1 atom stereocenters. The van der Waals surface area contributed by atoms with Crippen LogP contribution in [0.5, 0.6) is 0 Å². The number of carbonyl (C=O) groups is 3. The van der Waals surface area contributed by atoms with Crippen molar-refractivity contribution in [3.63, 3.8) is 0 Å². The average Bonchev–Trinajstić information content (AvgIpc) is 3.20. The highest BCUT2D eigenvalue weighted by Gasteiger charge is 2.31. The molecule has 0 aromatic heterocycles. The third-order valence-electron chi connectivity index (χ3n) is 7.29. The van der Waals surface area contributed by atoms with Crippen LogP contribution in [-0.2, 0) is 14.3 Å². The number of benzene rings is 2. The number of amides is 2. The van der Waals surface area contributed by atoms with E-state index in [0.29, 0.717) is 32.2 Å². The van der Waals surface area contributed by atoms with E-state index in [-0.39, 0.29) is 30.3 Å². The Morgan fingerprint density at radius 1 is 0.971 bits per heavy atom. The van der Waals surface area contributed by atoms with Gasteiger partial charge >= 0.3 is 12.1 Å². The van der Waals surface area contributed by atoms with Gasteiger partial charge in [0.1, 0.15) is 12.6 Å². The molecule has 2 aromatic carbocycles. The van der Waals surface area contributed by atoms with E-state index in [2.05, 4.69) is 34.9 Å². The van der Waals surface area contributed by atoms with Gasteiger partial charge in [0, 0.05) is 18.4 Å². The molecular formula is C28H34N2O5. The third kappa shape index (κ3) is 5.84. The lowest BCUT2D eigenvalue weighted by Gasteiger charge is -2.28. The number of hydrogen-bond donors (Lipinski definition) is 3. The second-order valence-corrected chi connectivity index (χ2v) is 9.61. The summed E-state index contributed by atoms with van der Waals surface area (Å²) in [6.45, 7) is 2.70. The molecule has 0 unspecified atom stereocenters. The first-order valence-corrected chi connectivity index (χ1v) is 12.6. The van der Waals surface area contributed by atoms with Crippen LogP contribution in [0.3, 0.4) is 0 Å². The minimum absolute atomic E-state index is 0.0319. The monoisotopic (exact) mass is 478 g/mol. The number of carboxylic acids is 1. The van der Waals surface area contributed by atoms with Crippen LogP contribution in [0.15, 0.2) is 48.5 Å². The van der Waals surface area contributed by atoms with Gasteiger partial charge in [-0.3, -0.25) is 4.79 Å². The Labute approximate surface area is 206 Å². The predicted molar refractivity (Wildman–Crippen MR) is 133 cm³/mol. The van der Waals surface area contributed by atoms with Crippen LogP contribution >= 0.6 is 0 Å². The molecule has 0 aliphatic heterocycles. The number of rotatable bonds is 9. The summed E-state index contributed by atoms with van der Waals surface area (Å²) in [5, 5.41) is 14.8. The molecule has 0 saturated heterocycles. The lowest BCUT2D eigenvalue weighted by atomic mass is 9.81. The molecule has 0 heterocycles. The van der Waals surface area contributed by atoms with Gasteiger partial charge in [0.05, 0.1) is 0 Å². The Hall–Kier alpha value is -3.35. The van der Waals surface area contributed by atoms with E-state index in [4.69, 9.17) is 4.74 Å². The Kier molecular flexibility index (Phi) is 8.06. The molecule has 0 spiro atoms. The zero-order valence-corrected chi connectivity index (χ0v) is 20.2. The maximum Gasteiger partial charge on any atom is 0.407 e. The van der Waals surface area contributed by atoms with Crippen molar-refractivity contribution in [2.45, 2.75) is 57.4 Å². The fraction of sp³-hybridized carbons (Fsp3) is 0.464. The number of aliphatic carboxylic acids is 1. The van der Waals surface area contributed by atoms with E-state index in [1.165, 1.54) is 22.3 Å².